The SMILES string of the molecule is COc1ccc(C(F)(F)F)cc1CC(C)(C)O. The normalized spacial score (nSPS) is 12.6. The minimum atomic E-state index is -4.39. The van der Waals surface area contributed by atoms with E-state index in [-0.39, 0.29) is 6.42 Å². The molecule has 0 saturated carbocycles. The fourth-order valence-corrected chi connectivity index (χ4v) is 1.56. The van der Waals surface area contributed by atoms with Crippen LogP contribution in [0.5, 0.6) is 5.75 Å². The molecule has 0 atom stereocenters. The summed E-state index contributed by atoms with van der Waals surface area (Å²) >= 11 is 0. The molecule has 0 aliphatic heterocycles. The number of ether oxygens (including phenoxy) is 1. The highest BCUT2D eigenvalue weighted by atomic mass is 19.4. The Hall–Kier alpha value is -1.23. The van der Waals surface area contributed by atoms with E-state index in [1.807, 2.05) is 0 Å². The summed E-state index contributed by atoms with van der Waals surface area (Å²) in [7, 11) is 1.39. The molecule has 1 rings (SSSR count). The van der Waals surface area contributed by atoms with Crippen molar-refractivity contribution in [3.63, 3.8) is 0 Å². The first-order chi connectivity index (χ1) is 7.63. The molecule has 0 unspecified atom stereocenters. The van der Waals surface area contributed by atoms with Gasteiger partial charge in [-0.3, -0.25) is 0 Å². The highest BCUT2D eigenvalue weighted by molar-refractivity contribution is 5.39. The Kier molecular flexibility index (Phi) is 3.71. The van der Waals surface area contributed by atoms with E-state index in [4.69, 9.17) is 4.74 Å². The number of halogens is 3. The Bertz CT molecular complexity index is 392. The maximum absolute atomic E-state index is 12.5. The Morgan fingerprint density at radius 3 is 2.24 bits per heavy atom. The van der Waals surface area contributed by atoms with E-state index in [1.165, 1.54) is 27.0 Å². The second kappa shape index (κ2) is 4.56. The van der Waals surface area contributed by atoms with Gasteiger partial charge in [0.15, 0.2) is 0 Å². The van der Waals surface area contributed by atoms with Crippen LogP contribution in [0.3, 0.4) is 0 Å². The molecule has 0 aliphatic carbocycles. The third-order valence-corrected chi connectivity index (χ3v) is 2.23. The van der Waals surface area contributed by atoms with E-state index in [9.17, 15) is 18.3 Å². The topological polar surface area (TPSA) is 29.5 Å². The van der Waals surface area contributed by atoms with Gasteiger partial charge in [-0.15, -0.1) is 0 Å². The fourth-order valence-electron chi connectivity index (χ4n) is 1.56. The van der Waals surface area contributed by atoms with E-state index in [0.29, 0.717) is 11.3 Å². The summed E-state index contributed by atoms with van der Waals surface area (Å²) in [5.41, 5.74) is -1.48. The number of benzene rings is 1. The second-order valence-corrected chi connectivity index (χ2v) is 4.51. The molecule has 0 aromatic heterocycles. The van der Waals surface area contributed by atoms with Crippen LogP contribution in [-0.2, 0) is 12.6 Å². The van der Waals surface area contributed by atoms with Crippen molar-refractivity contribution >= 4 is 0 Å². The van der Waals surface area contributed by atoms with Crippen molar-refractivity contribution in [1.29, 1.82) is 0 Å². The summed E-state index contributed by atoms with van der Waals surface area (Å²) in [6.07, 6.45) is -4.29. The highest BCUT2D eigenvalue weighted by Gasteiger charge is 2.31. The molecule has 17 heavy (non-hydrogen) atoms. The van der Waals surface area contributed by atoms with Crippen LogP contribution in [0.15, 0.2) is 18.2 Å². The number of methoxy groups -OCH3 is 1. The number of aliphatic hydroxyl groups is 1. The summed E-state index contributed by atoms with van der Waals surface area (Å²) in [6.45, 7) is 3.07. The summed E-state index contributed by atoms with van der Waals surface area (Å²) in [5.74, 6) is 0.347. The van der Waals surface area contributed by atoms with Crippen LogP contribution in [0, 0.1) is 0 Å². The second-order valence-electron chi connectivity index (χ2n) is 4.51. The van der Waals surface area contributed by atoms with Crippen molar-refractivity contribution in [1.82, 2.24) is 0 Å². The molecule has 1 aromatic carbocycles. The van der Waals surface area contributed by atoms with Gasteiger partial charge in [0.05, 0.1) is 18.3 Å². The number of rotatable bonds is 3. The molecule has 0 heterocycles. The first kappa shape index (κ1) is 13.8. The zero-order valence-corrected chi connectivity index (χ0v) is 9.93. The van der Waals surface area contributed by atoms with Gasteiger partial charge in [-0.05, 0) is 37.6 Å². The molecule has 0 fully saturated rings. The molecule has 2 nitrogen and oxygen atoms in total. The van der Waals surface area contributed by atoms with Crippen LogP contribution < -0.4 is 4.74 Å². The first-order valence-electron chi connectivity index (χ1n) is 5.10. The first-order valence-corrected chi connectivity index (χ1v) is 5.10. The van der Waals surface area contributed by atoms with E-state index < -0.39 is 17.3 Å². The van der Waals surface area contributed by atoms with Crippen molar-refractivity contribution in [3.8, 4) is 5.75 Å². The number of alkyl halides is 3. The minimum absolute atomic E-state index is 0.0973. The zero-order valence-electron chi connectivity index (χ0n) is 9.93. The Morgan fingerprint density at radius 2 is 1.82 bits per heavy atom. The Morgan fingerprint density at radius 1 is 1.24 bits per heavy atom. The summed E-state index contributed by atoms with van der Waals surface area (Å²) in [6, 6.07) is 3.24. The van der Waals surface area contributed by atoms with Crippen LogP contribution in [-0.4, -0.2) is 17.8 Å². The highest BCUT2D eigenvalue weighted by Crippen LogP contribution is 2.33. The molecular formula is C12H15F3O2. The predicted molar refractivity (Wildman–Crippen MR) is 58.0 cm³/mol. The van der Waals surface area contributed by atoms with Crippen LogP contribution in [0.2, 0.25) is 0 Å². The van der Waals surface area contributed by atoms with Crippen LogP contribution in [0.4, 0.5) is 13.2 Å². The van der Waals surface area contributed by atoms with Crippen molar-refractivity contribution in [2.45, 2.75) is 32.0 Å². The maximum atomic E-state index is 12.5. The lowest BCUT2D eigenvalue weighted by molar-refractivity contribution is -0.137. The quantitative estimate of drug-likeness (QED) is 0.890. The van der Waals surface area contributed by atoms with Crippen molar-refractivity contribution < 1.29 is 23.0 Å². The molecule has 96 valence electrons. The molecule has 1 aromatic rings. The summed E-state index contributed by atoms with van der Waals surface area (Å²) in [5, 5.41) is 9.65. The van der Waals surface area contributed by atoms with Crippen molar-refractivity contribution in [2.75, 3.05) is 7.11 Å². The van der Waals surface area contributed by atoms with Gasteiger partial charge in [0.1, 0.15) is 5.75 Å². The average Bonchev–Trinajstić information content (AvgIpc) is 2.13. The van der Waals surface area contributed by atoms with E-state index in [2.05, 4.69) is 0 Å². The Labute approximate surface area is 98.0 Å². The van der Waals surface area contributed by atoms with E-state index in [1.54, 1.807) is 0 Å². The van der Waals surface area contributed by atoms with Gasteiger partial charge >= 0.3 is 6.18 Å². The lowest BCUT2D eigenvalue weighted by atomic mass is 9.96. The molecule has 0 saturated heterocycles. The lowest BCUT2D eigenvalue weighted by Gasteiger charge is -2.20. The number of hydrogen-bond acceptors (Lipinski definition) is 2. The van der Waals surface area contributed by atoms with Crippen LogP contribution >= 0.6 is 0 Å². The molecule has 0 bridgehead atoms. The van der Waals surface area contributed by atoms with Gasteiger partial charge in [0, 0.05) is 6.42 Å². The predicted octanol–water partition coefficient (Wildman–Crippen LogP) is 3.03. The van der Waals surface area contributed by atoms with Gasteiger partial charge in [0.25, 0.3) is 0 Å². The molecule has 0 radical (unpaired) electrons. The van der Waals surface area contributed by atoms with Crippen LogP contribution in [0.1, 0.15) is 25.0 Å². The smallest absolute Gasteiger partial charge is 0.416 e. The third kappa shape index (κ3) is 3.93. The summed E-state index contributed by atoms with van der Waals surface area (Å²) in [4.78, 5) is 0. The largest absolute Gasteiger partial charge is 0.496 e. The maximum Gasteiger partial charge on any atom is 0.416 e. The van der Waals surface area contributed by atoms with E-state index >= 15 is 0 Å². The van der Waals surface area contributed by atoms with Gasteiger partial charge in [-0.2, -0.15) is 13.2 Å². The van der Waals surface area contributed by atoms with E-state index in [0.717, 1.165) is 12.1 Å². The van der Waals surface area contributed by atoms with Gasteiger partial charge in [0.2, 0.25) is 0 Å². The number of hydrogen-bond donors (Lipinski definition) is 1. The fraction of sp³-hybridized carbons (Fsp3) is 0.500. The van der Waals surface area contributed by atoms with Crippen LogP contribution in [0.25, 0.3) is 0 Å². The molecule has 1 N–H and O–H groups in total. The molecule has 5 heteroatoms. The lowest BCUT2D eigenvalue weighted by Crippen LogP contribution is -2.22. The summed E-state index contributed by atoms with van der Waals surface area (Å²) < 4.78 is 42.6. The molecule has 0 amide bonds. The minimum Gasteiger partial charge on any atom is -0.496 e. The Balaban J connectivity index is 3.16. The molecular weight excluding hydrogens is 233 g/mol. The standard InChI is InChI=1S/C12H15F3O2/c1-11(2,16)7-8-6-9(12(13,14)15)4-5-10(8)17-3/h4-6,16H,7H2,1-3H3. The van der Waals surface area contributed by atoms with Gasteiger partial charge < -0.3 is 9.84 Å². The third-order valence-electron chi connectivity index (χ3n) is 2.23. The molecule has 0 spiro atoms. The average molecular weight is 248 g/mol. The van der Waals surface area contributed by atoms with Crippen molar-refractivity contribution in [2.24, 2.45) is 0 Å². The van der Waals surface area contributed by atoms with Gasteiger partial charge in [-0.1, -0.05) is 0 Å². The monoisotopic (exact) mass is 248 g/mol. The van der Waals surface area contributed by atoms with Crippen molar-refractivity contribution in [3.05, 3.63) is 29.3 Å². The van der Waals surface area contributed by atoms with Gasteiger partial charge in [-0.25, -0.2) is 0 Å². The zero-order chi connectivity index (χ0) is 13.3. The molecule has 0 aliphatic rings.